The first kappa shape index (κ1) is 11.6. The van der Waals surface area contributed by atoms with Gasteiger partial charge in [-0.25, -0.2) is 0 Å². The second kappa shape index (κ2) is 5.02. The zero-order valence-electron chi connectivity index (χ0n) is 10.4. The Hall–Kier alpha value is -1.48. The maximum absolute atomic E-state index is 4.65. The molecule has 1 N–H and O–H groups in total. The number of benzene rings is 2. The molecule has 18 heavy (non-hydrogen) atoms. The van der Waals surface area contributed by atoms with Crippen LogP contribution >= 0.6 is 11.8 Å². The van der Waals surface area contributed by atoms with Crippen molar-refractivity contribution < 1.29 is 0 Å². The highest BCUT2D eigenvalue weighted by atomic mass is 32.2. The standard InChI is InChI=1S/C15H16N2S/c1-11-9-10-18-15(16-11)17-14-8-4-6-12-5-2-3-7-13(12)14/h2-8,11H,9-10H2,1H3,(H,16,17). The van der Waals surface area contributed by atoms with Crippen LogP contribution in [0.25, 0.3) is 10.8 Å². The highest BCUT2D eigenvalue weighted by Gasteiger charge is 2.12. The lowest BCUT2D eigenvalue weighted by Crippen LogP contribution is -2.18. The van der Waals surface area contributed by atoms with E-state index in [-0.39, 0.29) is 0 Å². The minimum atomic E-state index is 0.434. The molecule has 92 valence electrons. The van der Waals surface area contributed by atoms with E-state index in [1.807, 2.05) is 11.8 Å². The third kappa shape index (κ3) is 2.36. The molecule has 3 rings (SSSR count). The number of amidine groups is 1. The minimum absolute atomic E-state index is 0.434. The Morgan fingerprint density at radius 1 is 1.17 bits per heavy atom. The summed E-state index contributed by atoms with van der Waals surface area (Å²) >= 11 is 1.81. The molecule has 1 unspecified atom stereocenters. The number of thioether (sulfide) groups is 1. The van der Waals surface area contributed by atoms with Gasteiger partial charge in [-0.2, -0.15) is 0 Å². The summed E-state index contributed by atoms with van der Waals surface area (Å²) in [6, 6.07) is 15.2. The Kier molecular flexibility index (Phi) is 3.24. The van der Waals surface area contributed by atoms with Gasteiger partial charge in [-0.15, -0.1) is 0 Å². The average Bonchev–Trinajstić information content (AvgIpc) is 2.39. The first-order chi connectivity index (χ1) is 8.83. The lowest BCUT2D eigenvalue weighted by molar-refractivity contribution is 0.720. The molecular formula is C15H16N2S. The molecule has 1 heterocycles. The van der Waals surface area contributed by atoms with Crippen LogP contribution in [0.4, 0.5) is 5.69 Å². The highest BCUT2D eigenvalue weighted by molar-refractivity contribution is 8.14. The fourth-order valence-electron chi connectivity index (χ4n) is 2.15. The number of fused-ring (bicyclic) bond motifs is 1. The lowest BCUT2D eigenvalue weighted by Gasteiger charge is -2.18. The number of anilines is 1. The molecule has 2 aromatic carbocycles. The van der Waals surface area contributed by atoms with Gasteiger partial charge in [-0.1, -0.05) is 48.2 Å². The molecule has 2 nitrogen and oxygen atoms in total. The van der Waals surface area contributed by atoms with Gasteiger partial charge in [0.1, 0.15) is 0 Å². The molecule has 3 heteroatoms. The number of rotatable bonds is 1. The average molecular weight is 256 g/mol. The van der Waals surface area contributed by atoms with Crippen molar-refractivity contribution in [1.29, 1.82) is 0 Å². The maximum Gasteiger partial charge on any atom is 0.161 e. The van der Waals surface area contributed by atoms with Crippen molar-refractivity contribution in [2.24, 2.45) is 4.99 Å². The van der Waals surface area contributed by atoms with Crippen molar-refractivity contribution in [2.45, 2.75) is 19.4 Å². The quantitative estimate of drug-likeness (QED) is 0.829. The van der Waals surface area contributed by atoms with Gasteiger partial charge >= 0.3 is 0 Å². The molecular weight excluding hydrogens is 240 g/mol. The van der Waals surface area contributed by atoms with Crippen LogP contribution < -0.4 is 5.32 Å². The number of nitrogens with one attached hydrogen (secondary N) is 1. The van der Waals surface area contributed by atoms with Crippen molar-refractivity contribution in [3.05, 3.63) is 42.5 Å². The van der Waals surface area contributed by atoms with Crippen LogP contribution in [0, 0.1) is 0 Å². The maximum atomic E-state index is 4.65. The van der Waals surface area contributed by atoms with Crippen molar-refractivity contribution >= 4 is 33.4 Å². The van der Waals surface area contributed by atoms with Crippen LogP contribution in [0.2, 0.25) is 0 Å². The second-order valence-corrected chi connectivity index (χ2v) is 5.66. The fourth-order valence-corrected chi connectivity index (χ4v) is 3.24. The van der Waals surface area contributed by atoms with Crippen LogP contribution in [-0.4, -0.2) is 17.0 Å². The Balaban J connectivity index is 1.95. The topological polar surface area (TPSA) is 24.4 Å². The summed E-state index contributed by atoms with van der Waals surface area (Å²) in [5.74, 6) is 1.15. The van der Waals surface area contributed by atoms with Crippen LogP contribution in [0.5, 0.6) is 0 Å². The molecule has 2 aromatic rings. The molecule has 1 aliphatic rings. The summed E-state index contributed by atoms with van der Waals surface area (Å²) in [5.41, 5.74) is 1.15. The second-order valence-electron chi connectivity index (χ2n) is 4.57. The predicted octanol–water partition coefficient (Wildman–Crippen LogP) is 4.13. The van der Waals surface area contributed by atoms with E-state index in [4.69, 9.17) is 0 Å². The van der Waals surface area contributed by atoms with Crippen molar-refractivity contribution in [3.63, 3.8) is 0 Å². The zero-order valence-corrected chi connectivity index (χ0v) is 11.2. The van der Waals surface area contributed by atoms with E-state index in [1.165, 1.54) is 17.2 Å². The Labute approximate surface area is 112 Å². The van der Waals surface area contributed by atoms with E-state index < -0.39 is 0 Å². The Bertz CT molecular complexity index is 587. The van der Waals surface area contributed by atoms with E-state index in [1.54, 1.807) is 0 Å². The minimum Gasteiger partial charge on any atom is -0.334 e. The van der Waals surface area contributed by atoms with Gasteiger partial charge in [0.05, 0.1) is 6.04 Å². The van der Waals surface area contributed by atoms with Crippen LogP contribution in [0.1, 0.15) is 13.3 Å². The van der Waals surface area contributed by atoms with E-state index >= 15 is 0 Å². The summed E-state index contributed by atoms with van der Waals surface area (Å²) in [5, 5.41) is 7.03. The SMILES string of the molecule is CC1CCSC(Nc2cccc3ccccc23)=N1. The van der Waals surface area contributed by atoms with Gasteiger partial charge in [0.15, 0.2) is 5.17 Å². The zero-order chi connectivity index (χ0) is 12.4. The van der Waals surface area contributed by atoms with E-state index in [0.29, 0.717) is 6.04 Å². The Morgan fingerprint density at radius 3 is 2.89 bits per heavy atom. The predicted molar refractivity (Wildman–Crippen MR) is 81.5 cm³/mol. The molecule has 0 saturated carbocycles. The molecule has 0 bridgehead atoms. The highest BCUT2D eigenvalue weighted by Crippen LogP contribution is 2.25. The van der Waals surface area contributed by atoms with Crippen molar-refractivity contribution in [2.75, 3.05) is 11.1 Å². The normalized spacial score (nSPS) is 19.6. The lowest BCUT2D eigenvalue weighted by atomic mass is 10.1. The molecule has 0 radical (unpaired) electrons. The summed E-state index contributed by atoms with van der Waals surface area (Å²) in [6.45, 7) is 2.17. The van der Waals surface area contributed by atoms with Gasteiger partial charge in [-0.05, 0) is 24.8 Å². The molecule has 0 amide bonds. The van der Waals surface area contributed by atoms with E-state index in [0.717, 1.165) is 16.6 Å². The fraction of sp³-hybridized carbons (Fsp3) is 0.267. The summed E-state index contributed by atoms with van der Waals surface area (Å²) < 4.78 is 0. The first-order valence-electron chi connectivity index (χ1n) is 6.28. The van der Waals surface area contributed by atoms with Crippen LogP contribution in [0.3, 0.4) is 0 Å². The number of hydrogen-bond acceptors (Lipinski definition) is 3. The summed E-state index contributed by atoms with van der Waals surface area (Å²) in [4.78, 5) is 4.65. The smallest absolute Gasteiger partial charge is 0.161 e. The van der Waals surface area contributed by atoms with Gasteiger partial charge in [-0.3, -0.25) is 4.99 Å². The van der Waals surface area contributed by atoms with Crippen molar-refractivity contribution in [3.8, 4) is 0 Å². The van der Waals surface area contributed by atoms with Crippen molar-refractivity contribution in [1.82, 2.24) is 0 Å². The van der Waals surface area contributed by atoms with E-state index in [9.17, 15) is 0 Å². The number of hydrogen-bond donors (Lipinski definition) is 1. The van der Waals surface area contributed by atoms with Gasteiger partial charge in [0.25, 0.3) is 0 Å². The molecule has 1 aliphatic heterocycles. The molecule has 0 aliphatic carbocycles. The third-order valence-electron chi connectivity index (χ3n) is 3.14. The molecule has 0 aromatic heterocycles. The molecule has 0 saturated heterocycles. The molecule has 0 spiro atoms. The number of nitrogens with zero attached hydrogens (tertiary/aromatic N) is 1. The first-order valence-corrected chi connectivity index (χ1v) is 7.27. The third-order valence-corrected chi connectivity index (χ3v) is 4.06. The molecule has 1 atom stereocenters. The number of aliphatic imine (C=N–C) groups is 1. The largest absolute Gasteiger partial charge is 0.334 e. The summed E-state index contributed by atoms with van der Waals surface area (Å²) in [7, 11) is 0. The monoisotopic (exact) mass is 256 g/mol. The summed E-state index contributed by atoms with van der Waals surface area (Å²) in [6.07, 6.45) is 1.17. The molecule has 0 fully saturated rings. The van der Waals surface area contributed by atoms with Crippen LogP contribution in [-0.2, 0) is 0 Å². The van der Waals surface area contributed by atoms with Gasteiger partial charge < -0.3 is 5.32 Å². The Morgan fingerprint density at radius 2 is 2.00 bits per heavy atom. The van der Waals surface area contributed by atoms with Gasteiger partial charge in [0.2, 0.25) is 0 Å². The van der Waals surface area contributed by atoms with Gasteiger partial charge in [0, 0.05) is 16.8 Å². The van der Waals surface area contributed by atoms with Crippen LogP contribution in [0.15, 0.2) is 47.5 Å². The van der Waals surface area contributed by atoms with E-state index in [2.05, 4.69) is 59.7 Å².